The third-order valence-corrected chi connectivity index (χ3v) is 2.10. The van der Waals surface area contributed by atoms with Gasteiger partial charge in [0.1, 0.15) is 0 Å². The minimum atomic E-state index is -0.0622. The van der Waals surface area contributed by atoms with E-state index in [4.69, 9.17) is 10.8 Å². The summed E-state index contributed by atoms with van der Waals surface area (Å²) in [5.41, 5.74) is 7.08. The number of rotatable bonds is 1. The van der Waals surface area contributed by atoms with Crippen LogP contribution in [0.5, 0.6) is 0 Å². The van der Waals surface area contributed by atoms with Crippen molar-refractivity contribution in [3.8, 4) is 0 Å². The van der Waals surface area contributed by atoms with Crippen molar-refractivity contribution in [2.45, 2.75) is 31.8 Å². The van der Waals surface area contributed by atoms with Gasteiger partial charge < -0.3 is 5.11 Å². The van der Waals surface area contributed by atoms with E-state index in [2.05, 4.69) is 0 Å². The van der Waals surface area contributed by atoms with Gasteiger partial charge in [-0.1, -0.05) is 0 Å². The second-order valence-corrected chi connectivity index (χ2v) is 2.88. The zero-order valence-corrected chi connectivity index (χ0v) is 5.64. The fourth-order valence-electron chi connectivity index (χ4n) is 1.35. The fraction of sp³-hybridized carbons (Fsp3) is 1.00. The lowest BCUT2D eigenvalue weighted by atomic mass is 9.88. The highest BCUT2D eigenvalue weighted by Crippen LogP contribution is 2.22. The minimum absolute atomic E-state index is 0.0622. The van der Waals surface area contributed by atoms with E-state index in [1.54, 1.807) is 0 Å². The standard InChI is InChI=1S/C7H14NO/c8-5-6-1-3-7(9)4-2-6/h6-9H,1-5H2/t6-,7-. The first-order valence-corrected chi connectivity index (χ1v) is 3.65. The van der Waals surface area contributed by atoms with E-state index < -0.39 is 0 Å². The Kier molecular flexibility index (Phi) is 2.49. The first kappa shape index (κ1) is 7.03. The first-order chi connectivity index (χ1) is 4.33. The molecule has 0 aromatic heterocycles. The monoisotopic (exact) mass is 128 g/mol. The van der Waals surface area contributed by atoms with Crippen molar-refractivity contribution in [3.05, 3.63) is 0 Å². The number of hydrogen-bond donors (Lipinski definition) is 1. The molecule has 0 atom stereocenters. The molecule has 2 heteroatoms. The maximum Gasteiger partial charge on any atom is 0.0540 e. The summed E-state index contributed by atoms with van der Waals surface area (Å²) in [6, 6.07) is 0. The van der Waals surface area contributed by atoms with E-state index in [-0.39, 0.29) is 6.10 Å². The largest absolute Gasteiger partial charge is 0.393 e. The highest BCUT2D eigenvalue weighted by Gasteiger charge is 2.17. The molecule has 2 N–H and O–H groups in total. The molecule has 1 rings (SSSR count). The Labute approximate surface area is 56.1 Å². The van der Waals surface area contributed by atoms with E-state index in [1.807, 2.05) is 0 Å². The minimum Gasteiger partial charge on any atom is -0.393 e. The average Bonchev–Trinajstić information content (AvgIpc) is 1.90. The molecular formula is C7H14NO. The van der Waals surface area contributed by atoms with Crippen LogP contribution in [-0.4, -0.2) is 17.8 Å². The highest BCUT2D eigenvalue weighted by atomic mass is 16.3. The molecule has 0 unspecified atom stereocenters. The molecule has 9 heavy (non-hydrogen) atoms. The Balaban J connectivity index is 2.18. The Hall–Kier alpha value is -0.0800. The summed E-state index contributed by atoms with van der Waals surface area (Å²) in [4.78, 5) is 0. The molecule has 1 radical (unpaired) electrons. The summed E-state index contributed by atoms with van der Waals surface area (Å²) < 4.78 is 0. The number of hydrogen-bond acceptors (Lipinski definition) is 1. The van der Waals surface area contributed by atoms with Gasteiger partial charge in [-0.25, -0.2) is 0 Å². The molecule has 1 saturated carbocycles. The summed E-state index contributed by atoms with van der Waals surface area (Å²) in [5.74, 6) is 0.577. The van der Waals surface area contributed by atoms with Gasteiger partial charge in [-0.3, -0.25) is 5.73 Å². The van der Waals surface area contributed by atoms with Crippen LogP contribution in [0.1, 0.15) is 25.7 Å². The summed E-state index contributed by atoms with van der Waals surface area (Å²) in [6.45, 7) is 0.548. The van der Waals surface area contributed by atoms with E-state index in [9.17, 15) is 0 Å². The molecule has 0 aromatic carbocycles. The van der Waals surface area contributed by atoms with Crippen molar-refractivity contribution < 1.29 is 5.11 Å². The fourth-order valence-corrected chi connectivity index (χ4v) is 1.35. The third-order valence-electron chi connectivity index (χ3n) is 2.10. The molecule has 0 aliphatic heterocycles. The van der Waals surface area contributed by atoms with Crippen LogP contribution in [0, 0.1) is 5.92 Å². The third kappa shape index (κ3) is 1.95. The maximum atomic E-state index is 9.06. The smallest absolute Gasteiger partial charge is 0.0540 e. The normalized spacial score (nSPS) is 36.7. The van der Waals surface area contributed by atoms with Gasteiger partial charge in [0.15, 0.2) is 0 Å². The maximum absolute atomic E-state index is 9.06. The quantitative estimate of drug-likeness (QED) is 0.558. The Bertz CT molecular complexity index is 77.0. The van der Waals surface area contributed by atoms with Crippen LogP contribution in [0.2, 0.25) is 0 Å². The molecule has 1 aliphatic carbocycles. The Morgan fingerprint density at radius 2 is 1.78 bits per heavy atom. The molecule has 1 aliphatic rings. The van der Waals surface area contributed by atoms with Crippen molar-refractivity contribution in [2.75, 3.05) is 6.54 Å². The predicted molar refractivity (Wildman–Crippen MR) is 35.9 cm³/mol. The van der Waals surface area contributed by atoms with Gasteiger partial charge in [-0.15, -0.1) is 0 Å². The van der Waals surface area contributed by atoms with E-state index >= 15 is 0 Å². The molecule has 0 aromatic rings. The molecule has 0 amide bonds. The SMILES string of the molecule is [NH]C[C@H]1CC[C@H](O)CC1. The number of aliphatic hydroxyl groups is 1. The van der Waals surface area contributed by atoms with Gasteiger partial charge in [0.25, 0.3) is 0 Å². The van der Waals surface area contributed by atoms with Crippen molar-refractivity contribution in [1.29, 1.82) is 0 Å². The molecule has 0 bridgehead atoms. The second kappa shape index (κ2) is 3.18. The van der Waals surface area contributed by atoms with Gasteiger partial charge in [0.2, 0.25) is 0 Å². The molecule has 0 spiro atoms. The van der Waals surface area contributed by atoms with Crippen LogP contribution >= 0.6 is 0 Å². The van der Waals surface area contributed by atoms with Crippen molar-refractivity contribution in [2.24, 2.45) is 5.92 Å². The van der Waals surface area contributed by atoms with Crippen molar-refractivity contribution in [3.63, 3.8) is 0 Å². The summed E-state index contributed by atoms with van der Waals surface area (Å²) in [6.07, 6.45) is 3.90. The molecular weight excluding hydrogens is 114 g/mol. The summed E-state index contributed by atoms with van der Waals surface area (Å²) >= 11 is 0. The van der Waals surface area contributed by atoms with Gasteiger partial charge in [0.05, 0.1) is 6.10 Å². The van der Waals surface area contributed by atoms with E-state index in [1.165, 1.54) is 0 Å². The molecule has 1 fully saturated rings. The number of nitrogens with one attached hydrogen (secondary N) is 1. The van der Waals surface area contributed by atoms with Crippen LogP contribution in [0.3, 0.4) is 0 Å². The van der Waals surface area contributed by atoms with Crippen LogP contribution in [0.15, 0.2) is 0 Å². The zero-order chi connectivity index (χ0) is 6.69. The summed E-state index contributed by atoms with van der Waals surface area (Å²) in [5, 5.41) is 9.06. The lowest BCUT2D eigenvalue weighted by Crippen LogP contribution is -2.20. The average molecular weight is 128 g/mol. The van der Waals surface area contributed by atoms with Crippen LogP contribution in [0.4, 0.5) is 0 Å². The van der Waals surface area contributed by atoms with Gasteiger partial charge in [0, 0.05) is 6.54 Å². The van der Waals surface area contributed by atoms with E-state index in [0.29, 0.717) is 12.5 Å². The summed E-state index contributed by atoms with van der Waals surface area (Å²) in [7, 11) is 0. The molecule has 0 heterocycles. The Morgan fingerprint density at radius 3 is 2.22 bits per heavy atom. The second-order valence-electron chi connectivity index (χ2n) is 2.88. The Morgan fingerprint density at radius 1 is 1.22 bits per heavy atom. The van der Waals surface area contributed by atoms with E-state index in [0.717, 1.165) is 25.7 Å². The topological polar surface area (TPSA) is 44.0 Å². The molecule has 53 valence electrons. The lowest BCUT2D eigenvalue weighted by Gasteiger charge is -2.23. The van der Waals surface area contributed by atoms with Crippen LogP contribution < -0.4 is 5.73 Å². The zero-order valence-electron chi connectivity index (χ0n) is 5.64. The van der Waals surface area contributed by atoms with Crippen molar-refractivity contribution >= 4 is 0 Å². The molecule has 0 saturated heterocycles. The van der Waals surface area contributed by atoms with Crippen LogP contribution in [-0.2, 0) is 0 Å². The molecule has 2 nitrogen and oxygen atoms in total. The first-order valence-electron chi connectivity index (χ1n) is 3.65. The van der Waals surface area contributed by atoms with Crippen molar-refractivity contribution in [1.82, 2.24) is 5.73 Å². The highest BCUT2D eigenvalue weighted by molar-refractivity contribution is 4.71. The van der Waals surface area contributed by atoms with Crippen LogP contribution in [0.25, 0.3) is 0 Å². The van der Waals surface area contributed by atoms with Gasteiger partial charge >= 0.3 is 0 Å². The predicted octanol–water partition coefficient (Wildman–Crippen LogP) is 0.820. The van der Waals surface area contributed by atoms with Gasteiger partial charge in [-0.2, -0.15) is 0 Å². The number of aliphatic hydroxyl groups excluding tert-OH is 1. The van der Waals surface area contributed by atoms with Gasteiger partial charge in [-0.05, 0) is 31.6 Å². The lowest BCUT2D eigenvalue weighted by molar-refractivity contribution is 0.110.